The van der Waals surface area contributed by atoms with E-state index >= 15 is 0 Å². The van der Waals surface area contributed by atoms with Gasteiger partial charge in [-0.1, -0.05) is 13.3 Å². The summed E-state index contributed by atoms with van der Waals surface area (Å²) in [5, 5.41) is 18.9. The van der Waals surface area contributed by atoms with E-state index in [0.717, 1.165) is 12.4 Å². The van der Waals surface area contributed by atoms with Gasteiger partial charge in [0.15, 0.2) is 5.65 Å². The average Bonchev–Trinajstić information content (AvgIpc) is 2.95. The van der Waals surface area contributed by atoms with Crippen molar-refractivity contribution in [1.82, 2.24) is 25.3 Å². The Bertz CT molecular complexity index is 515. The Balaban J connectivity index is 1.68. The predicted octanol–water partition coefficient (Wildman–Crippen LogP) is 1.51. The summed E-state index contributed by atoms with van der Waals surface area (Å²) in [5.41, 5.74) is 1.19. The standard InChI is InChI=1S/C11H16N6/c1-2-5-11(6-7-11)8-12-9-3-4-10-13-15-16-17(10)14-9/h3-4H,2,5-8H2,1H3,(H,12,14). The maximum atomic E-state index is 4.30. The van der Waals surface area contributed by atoms with Crippen LogP contribution in [0.4, 0.5) is 5.82 Å². The van der Waals surface area contributed by atoms with E-state index in [-0.39, 0.29) is 0 Å². The van der Waals surface area contributed by atoms with Gasteiger partial charge in [-0.15, -0.1) is 14.8 Å². The van der Waals surface area contributed by atoms with Crippen molar-refractivity contribution in [3.63, 3.8) is 0 Å². The summed E-state index contributed by atoms with van der Waals surface area (Å²) in [6.07, 6.45) is 5.22. The molecule has 0 amide bonds. The van der Waals surface area contributed by atoms with Crippen molar-refractivity contribution in [1.29, 1.82) is 0 Å². The number of aromatic nitrogens is 5. The van der Waals surface area contributed by atoms with E-state index in [1.165, 1.54) is 30.3 Å². The predicted molar refractivity (Wildman–Crippen MR) is 63.6 cm³/mol. The number of hydrogen-bond donors (Lipinski definition) is 1. The molecule has 2 aromatic rings. The molecule has 3 rings (SSSR count). The molecule has 2 heterocycles. The number of nitrogens with zero attached hydrogens (tertiary/aromatic N) is 5. The van der Waals surface area contributed by atoms with Crippen molar-refractivity contribution in [2.75, 3.05) is 11.9 Å². The third kappa shape index (κ3) is 2.07. The number of rotatable bonds is 5. The minimum absolute atomic E-state index is 0.520. The molecule has 0 atom stereocenters. The maximum absolute atomic E-state index is 4.30. The minimum atomic E-state index is 0.520. The maximum Gasteiger partial charge on any atom is 0.200 e. The van der Waals surface area contributed by atoms with Gasteiger partial charge >= 0.3 is 0 Å². The van der Waals surface area contributed by atoms with Crippen molar-refractivity contribution >= 4 is 11.5 Å². The summed E-state index contributed by atoms with van der Waals surface area (Å²) in [6.45, 7) is 3.24. The van der Waals surface area contributed by atoms with Crippen molar-refractivity contribution in [2.45, 2.75) is 32.6 Å². The van der Waals surface area contributed by atoms with Crippen LogP contribution in [0.3, 0.4) is 0 Å². The Kier molecular flexibility index (Phi) is 2.42. The van der Waals surface area contributed by atoms with Gasteiger partial charge < -0.3 is 5.32 Å². The summed E-state index contributed by atoms with van der Waals surface area (Å²) in [7, 11) is 0. The molecular weight excluding hydrogens is 216 g/mol. The smallest absolute Gasteiger partial charge is 0.200 e. The lowest BCUT2D eigenvalue weighted by Gasteiger charge is -2.14. The van der Waals surface area contributed by atoms with Gasteiger partial charge in [-0.25, -0.2) is 0 Å². The van der Waals surface area contributed by atoms with E-state index in [2.05, 4.69) is 32.9 Å². The van der Waals surface area contributed by atoms with Gasteiger partial charge in [0.05, 0.1) is 0 Å². The molecule has 1 saturated carbocycles. The van der Waals surface area contributed by atoms with Crippen LogP contribution in [0, 0.1) is 5.41 Å². The number of nitrogens with one attached hydrogen (secondary N) is 1. The Morgan fingerprint density at radius 2 is 2.29 bits per heavy atom. The molecular formula is C11H16N6. The van der Waals surface area contributed by atoms with Crippen LogP contribution in [-0.4, -0.2) is 31.8 Å². The quantitative estimate of drug-likeness (QED) is 0.846. The Hall–Kier alpha value is -1.72. The Morgan fingerprint density at radius 3 is 3.06 bits per heavy atom. The second kappa shape index (κ2) is 3.94. The van der Waals surface area contributed by atoms with E-state index in [1.807, 2.05) is 12.1 Å². The van der Waals surface area contributed by atoms with Gasteiger partial charge in [-0.05, 0) is 47.2 Å². The highest BCUT2D eigenvalue weighted by Gasteiger charge is 2.41. The fraction of sp³-hybridized carbons (Fsp3) is 0.636. The van der Waals surface area contributed by atoms with Crippen LogP contribution >= 0.6 is 0 Å². The number of anilines is 1. The largest absolute Gasteiger partial charge is 0.368 e. The number of tetrazole rings is 1. The van der Waals surface area contributed by atoms with E-state index in [9.17, 15) is 0 Å². The van der Waals surface area contributed by atoms with Crippen molar-refractivity contribution in [3.05, 3.63) is 12.1 Å². The van der Waals surface area contributed by atoms with E-state index < -0.39 is 0 Å². The molecule has 0 aliphatic heterocycles. The third-order valence-corrected chi connectivity index (χ3v) is 3.45. The lowest BCUT2D eigenvalue weighted by atomic mass is 10.0. The molecule has 1 N–H and O–H groups in total. The SMILES string of the molecule is CCCC1(CNc2ccc3nnnn3n2)CC1. The molecule has 1 aliphatic carbocycles. The molecule has 0 unspecified atom stereocenters. The van der Waals surface area contributed by atoms with Crippen LogP contribution in [0.15, 0.2) is 12.1 Å². The molecule has 6 nitrogen and oxygen atoms in total. The first-order chi connectivity index (χ1) is 8.31. The number of fused-ring (bicyclic) bond motifs is 1. The zero-order chi connectivity index (χ0) is 11.7. The normalized spacial score (nSPS) is 17.2. The molecule has 1 fully saturated rings. The number of hydrogen-bond acceptors (Lipinski definition) is 5. The molecule has 6 heteroatoms. The molecule has 90 valence electrons. The van der Waals surface area contributed by atoms with Crippen molar-refractivity contribution in [2.24, 2.45) is 5.41 Å². The van der Waals surface area contributed by atoms with Crippen LogP contribution in [0.1, 0.15) is 32.6 Å². The van der Waals surface area contributed by atoms with Crippen LogP contribution in [0.5, 0.6) is 0 Å². The molecule has 17 heavy (non-hydrogen) atoms. The molecule has 0 bridgehead atoms. The summed E-state index contributed by atoms with van der Waals surface area (Å²) in [4.78, 5) is 0. The summed E-state index contributed by atoms with van der Waals surface area (Å²) in [6, 6.07) is 3.79. The summed E-state index contributed by atoms with van der Waals surface area (Å²) < 4.78 is 1.45. The average molecular weight is 232 g/mol. The molecule has 2 aromatic heterocycles. The van der Waals surface area contributed by atoms with Gasteiger partial charge in [0.1, 0.15) is 5.82 Å². The zero-order valence-corrected chi connectivity index (χ0v) is 9.93. The zero-order valence-electron chi connectivity index (χ0n) is 9.93. The third-order valence-electron chi connectivity index (χ3n) is 3.45. The van der Waals surface area contributed by atoms with Gasteiger partial charge in [0.25, 0.3) is 0 Å². The molecule has 0 aromatic carbocycles. The minimum Gasteiger partial charge on any atom is -0.368 e. The van der Waals surface area contributed by atoms with Gasteiger partial charge in [0, 0.05) is 6.54 Å². The molecule has 0 saturated heterocycles. The molecule has 1 aliphatic rings. The highest BCUT2D eigenvalue weighted by molar-refractivity contribution is 5.42. The van der Waals surface area contributed by atoms with Crippen molar-refractivity contribution in [3.8, 4) is 0 Å². The second-order valence-electron chi connectivity index (χ2n) is 4.85. The van der Waals surface area contributed by atoms with Crippen LogP contribution in [-0.2, 0) is 0 Å². The summed E-state index contributed by atoms with van der Waals surface area (Å²) in [5.74, 6) is 0.840. The van der Waals surface area contributed by atoms with Crippen LogP contribution in [0.2, 0.25) is 0 Å². The van der Waals surface area contributed by atoms with Crippen LogP contribution < -0.4 is 5.32 Å². The highest BCUT2D eigenvalue weighted by atomic mass is 15.6. The van der Waals surface area contributed by atoms with Gasteiger partial charge in [0.2, 0.25) is 0 Å². The lowest BCUT2D eigenvalue weighted by Crippen LogP contribution is -2.16. The lowest BCUT2D eigenvalue weighted by molar-refractivity contribution is 0.484. The fourth-order valence-corrected chi connectivity index (χ4v) is 2.24. The Labute approximate surface area is 99.4 Å². The first-order valence-corrected chi connectivity index (χ1v) is 6.11. The molecule has 0 radical (unpaired) electrons. The summed E-state index contributed by atoms with van der Waals surface area (Å²) >= 11 is 0. The second-order valence-corrected chi connectivity index (χ2v) is 4.85. The van der Waals surface area contributed by atoms with Crippen LogP contribution in [0.25, 0.3) is 5.65 Å². The van der Waals surface area contributed by atoms with Gasteiger partial charge in [-0.3, -0.25) is 0 Å². The van der Waals surface area contributed by atoms with E-state index in [4.69, 9.17) is 0 Å². The monoisotopic (exact) mass is 232 g/mol. The first-order valence-electron chi connectivity index (χ1n) is 6.11. The van der Waals surface area contributed by atoms with Crippen molar-refractivity contribution < 1.29 is 0 Å². The molecule has 0 spiro atoms. The first kappa shape index (κ1) is 10.4. The fourth-order valence-electron chi connectivity index (χ4n) is 2.24. The topological polar surface area (TPSA) is 68.0 Å². The van der Waals surface area contributed by atoms with Gasteiger partial charge in [-0.2, -0.15) is 0 Å². The highest BCUT2D eigenvalue weighted by Crippen LogP contribution is 2.49. The van der Waals surface area contributed by atoms with E-state index in [0.29, 0.717) is 11.1 Å². The Morgan fingerprint density at radius 1 is 1.41 bits per heavy atom. The van der Waals surface area contributed by atoms with E-state index in [1.54, 1.807) is 0 Å².